The van der Waals surface area contributed by atoms with Gasteiger partial charge in [0.2, 0.25) is 11.8 Å². The molecule has 3 aromatic carbocycles. The SMILES string of the molecule is Cc1ccc(S(=O)(=O)N(CC(=O)N(Cc2ccc(Br)cc2)C(C)C(=O)NC(C)(C)C)c2ccc(Br)cc2)cc1. The fraction of sp³-hybridized carbons (Fsp3) is 0.310. The summed E-state index contributed by atoms with van der Waals surface area (Å²) in [5.74, 6) is -0.836. The molecule has 3 rings (SSSR count). The summed E-state index contributed by atoms with van der Waals surface area (Å²) in [6, 6.07) is 19.8. The summed E-state index contributed by atoms with van der Waals surface area (Å²) in [7, 11) is -4.10. The van der Waals surface area contributed by atoms with Crippen molar-refractivity contribution in [3.63, 3.8) is 0 Å². The normalized spacial score (nSPS) is 12.5. The highest BCUT2D eigenvalue weighted by molar-refractivity contribution is 9.10. The number of rotatable bonds is 9. The zero-order chi connectivity index (χ0) is 29.0. The molecule has 0 aliphatic heterocycles. The van der Waals surface area contributed by atoms with Gasteiger partial charge >= 0.3 is 0 Å². The molecule has 10 heteroatoms. The molecule has 0 heterocycles. The molecular formula is C29H33Br2N3O4S. The Balaban J connectivity index is 2.02. The monoisotopic (exact) mass is 677 g/mol. The van der Waals surface area contributed by atoms with Crippen molar-refractivity contribution in [1.29, 1.82) is 0 Å². The molecule has 1 atom stereocenters. The first kappa shape index (κ1) is 30.8. The van der Waals surface area contributed by atoms with Gasteiger partial charge in [0, 0.05) is 21.0 Å². The number of sulfonamides is 1. The van der Waals surface area contributed by atoms with Crippen LogP contribution in [-0.4, -0.2) is 43.3 Å². The number of aryl methyl sites for hydroxylation is 1. The van der Waals surface area contributed by atoms with Crippen molar-refractivity contribution in [1.82, 2.24) is 10.2 Å². The molecule has 0 saturated heterocycles. The van der Waals surface area contributed by atoms with Crippen LogP contribution in [0.25, 0.3) is 0 Å². The minimum Gasteiger partial charge on any atom is -0.350 e. The van der Waals surface area contributed by atoms with E-state index < -0.39 is 34.1 Å². The Labute approximate surface area is 247 Å². The second-order valence-electron chi connectivity index (χ2n) is 10.4. The maximum absolute atomic E-state index is 13.9. The summed E-state index contributed by atoms with van der Waals surface area (Å²) >= 11 is 6.80. The molecule has 7 nitrogen and oxygen atoms in total. The van der Waals surface area contributed by atoms with Gasteiger partial charge in [-0.15, -0.1) is 0 Å². The second-order valence-corrected chi connectivity index (χ2v) is 14.1. The molecule has 0 aliphatic rings. The van der Waals surface area contributed by atoms with E-state index in [9.17, 15) is 18.0 Å². The van der Waals surface area contributed by atoms with E-state index >= 15 is 0 Å². The topological polar surface area (TPSA) is 86.8 Å². The lowest BCUT2D eigenvalue weighted by atomic mass is 10.1. The maximum Gasteiger partial charge on any atom is 0.264 e. The van der Waals surface area contributed by atoms with Gasteiger partial charge in [0.05, 0.1) is 10.6 Å². The first-order valence-electron chi connectivity index (χ1n) is 12.4. The highest BCUT2D eigenvalue weighted by Gasteiger charge is 2.33. The van der Waals surface area contributed by atoms with Gasteiger partial charge in [-0.2, -0.15) is 0 Å². The molecular weight excluding hydrogens is 646 g/mol. The molecule has 1 N–H and O–H groups in total. The van der Waals surface area contributed by atoms with E-state index in [2.05, 4.69) is 37.2 Å². The Hall–Kier alpha value is -2.69. The Morgan fingerprint density at radius 3 is 1.90 bits per heavy atom. The van der Waals surface area contributed by atoms with Crippen LogP contribution < -0.4 is 9.62 Å². The third-order valence-corrected chi connectivity index (χ3v) is 8.78. The summed E-state index contributed by atoms with van der Waals surface area (Å²) in [5, 5.41) is 2.92. The quantitative estimate of drug-likeness (QED) is 0.299. The van der Waals surface area contributed by atoms with Gasteiger partial charge in [0.1, 0.15) is 12.6 Å². The fourth-order valence-corrected chi connectivity index (χ4v) is 5.76. The molecule has 0 radical (unpaired) electrons. The van der Waals surface area contributed by atoms with Crippen LogP contribution in [0.4, 0.5) is 5.69 Å². The van der Waals surface area contributed by atoms with Crippen LogP contribution in [0, 0.1) is 6.92 Å². The predicted molar refractivity (Wildman–Crippen MR) is 162 cm³/mol. The van der Waals surface area contributed by atoms with Gasteiger partial charge in [0.25, 0.3) is 10.0 Å². The van der Waals surface area contributed by atoms with Crippen molar-refractivity contribution in [3.05, 3.63) is 92.9 Å². The van der Waals surface area contributed by atoms with Crippen molar-refractivity contribution in [3.8, 4) is 0 Å². The van der Waals surface area contributed by atoms with Crippen molar-refractivity contribution in [2.45, 2.75) is 57.6 Å². The molecule has 0 aromatic heterocycles. The predicted octanol–water partition coefficient (Wildman–Crippen LogP) is 6.05. The smallest absolute Gasteiger partial charge is 0.264 e. The molecule has 208 valence electrons. The van der Waals surface area contributed by atoms with E-state index in [1.54, 1.807) is 43.3 Å². The van der Waals surface area contributed by atoms with E-state index in [1.807, 2.05) is 52.0 Å². The van der Waals surface area contributed by atoms with E-state index in [4.69, 9.17) is 0 Å². The third-order valence-electron chi connectivity index (χ3n) is 5.93. The summed E-state index contributed by atoms with van der Waals surface area (Å²) < 4.78 is 30.4. The standard InChI is InChI=1S/C29H33Br2N3O4S/c1-20-6-16-26(17-7-20)39(37,38)34(25-14-12-24(31)13-15-25)19-27(35)33(18-22-8-10-23(30)11-9-22)21(2)28(36)32-29(3,4)5/h6-17,21H,18-19H2,1-5H3,(H,32,36). The van der Waals surface area contributed by atoms with Gasteiger partial charge < -0.3 is 10.2 Å². The summed E-state index contributed by atoms with van der Waals surface area (Å²) in [5.41, 5.74) is 1.55. The summed E-state index contributed by atoms with van der Waals surface area (Å²) in [6.45, 7) is 8.75. The molecule has 0 saturated carbocycles. The van der Waals surface area contributed by atoms with E-state index in [-0.39, 0.29) is 17.3 Å². The lowest BCUT2D eigenvalue weighted by Crippen LogP contribution is -2.54. The Morgan fingerprint density at radius 2 is 1.38 bits per heavy atom. The summed E-state index contributed by atoms with van der Waals surface area (Å²) in [4.78, 5) is 28.6. The minimum absolute atomic E-state index is 0.0711. The lowest BCUT2D eigenvalue weighted by molar-refractivity contribution is -0.140. The van der Waals surface area contributed by atoms with E-state index in [1.165, 1.54) is 17.0 Å². The second kappa shape index (κ2) is 12.7. The van der Waals surface area contributed by atoms with Crippen LogP contribution in [0.1, 0.15) is 38.8 Å². The van der Waals surface area contributed by atoms with Gasteiger partial charge in [-0.05, 0) is 88.7 Å². The Bertz CT molecular complexity index is 1400. The van der Waals surface area contributed by atoms with Gasteiger partial charge in [-0.1, -0.05) is 61.7 Å². The number of anilines is 1. The van der Waals surface area contributed by atoms with Crippen LogP contribution in [0.2, 0.25) is 0 Å². The zero-order valence-corrected chi connectivity index (χ0v) is 26.6. The zero-order valence-electron chi connectivity index (χ0n) is 22.6. The number of hydrogen-bond donors (Lipinski definition) is 1. The number of halogens is 2. The Kier molecular flexibility index (Phi) is 10.0. The van der Waals surface area contributed by atoms with Crippen molar-refractivity contribution in [2.24, 2.45) is 0 Å². The number of nitrogens with one attached hydrogen (secondary N) is 1. The molecule has 0 bridgehead atoms. The molecule has 0 aliphatic carbocycles. The van der Waals surface area contributed by atoms with Crippen LogP contribution in [0.15, 0.2) is 86.6 Å². The lowest BCUT2D eigenvalue weighted by Gasteiger charge is -2.33. The number of nitrogens with zero attached hydrogens (tertiary/aromatic N) is 2. The molecule has 2 amide bonds. The number of carbonyl (C=O) groups is 2. The van der Waals surface area contributed by atoms with Crippen molar-refractivity contribution in [2.75, 3.05) is 10.8 Å². The van der Waals surface area contributed by atoms with E-state index in [0.717, 1.165) is 24.4 Å². The van der Waals surface area contributed by atoms with Crippen LogP contribution in [-0.2, 0) is 26.2 Å². The molecule has 3 aromatic rings. The van der Waals surface area contributed by atoms with Gasteiger partial charge in [0.15, 0.2) is 0 Å². The summed E-state index contributed by atoms with van der Waals surface area (Å²) in [6.07, 6.45) is 0. The number of benzene rings is 3. The molecule has 0 fully saturated rings. The van der Waals surface area contributed by atoms with Crippen LogP contribution in [0.5, 0.6) is 0 Å². The van der Waals surface area contributed by atoms with Crippen LogP contribution in [0.3, 0.4) is 0 Å². The average molecular weight is 679 g/mol. The average Bonchev–Trinajstić information content (AvgIpc) is 2.86. The Morgan fingerprint density at radius 1 is 0.872 bits per heavy atom. The number of hydrogen-bond acceptors (Lipinski definition) is 4. The largest absolute Gasteiger partial charge is 0.350 e. The van der Waals surface area contributed by atoms with Gasteiger partial charge in [-0.3, -0.25) is 13.9 Å². The minimum atomic E-state index is -4.10. The van der Waals surface area contributed by atoms with Crippen molar-refractivity contribution < 1.29 is 18.0 Å². The third kappa shape index (κ3) is 8.40. The number of carbonyl (C=O) groups excluding carboxylic acids is 2. The molecule has 39 heavy (non-hydrogen) atoms. The maximum atomic E-state index is 13.9. The first-order chi connectivity index (χ1) is 18.2. The first-order valence-corrected chi connectivity index (χ1v) is 15.4. The fourth-order valence-electron chi connectivity index (χ4n) is 3.82. The highest BCUT2D eigenvalue weighted by Crippen LogP contribution is 2.26. The van der Waals surface area contributed by atoms with Crippen LogP contribution >= 0.6 is 31.9 Å². The highest BCUT2D eigenvalue weighted by atomic mass is 79.9. The molecule has 1 unspecified atom stereocenters. The van der Waals surface area contributed by atoms with E-state index in [0.29, 0.717) is 5.69 Å². The molecule has 0 spiro atoms. The van der Waals surface area contributed by atoms with Crippen molar-refractivity contribution >= 4 is 59.4 Å². The van der Waals surface area contributed by atoms with Gasteiger partial charge in [-0.25, -0.2) is 8.42 Å². The number of amides is 2.